The average molecular weight is 365 g/mol. The molecule has 1 unspecified atom stereocenters. The molecule has 0 aliphatic heterocycles. The van der Waals surface area contributed by atoms with E-state index in [0.29, 0.717) is 11.6 Å². The lowest BCUT2D eigenvalue weighted by atomic mass is 10.1. The molecule has 2 amide bonds. The van der Waals surface area contributed by atoms with E-state index in [1.54, 1.807) is 0 Å². The quantitative estimate of drug-likeness (QED) is 0.579. The van der Waals surface area contributed by atoms with Crippen LogP contribution in [0, 0.1) is 0 Å². The minimum Gasteiger partial charge on any atom is -0.313 e. The number of amides is 2. The van der Waals surface area contributed by atoms with Gasteiger partial charge in [0.25, 0.3) is 0 Å². The topological polar surface area (TPSA) is 32.3 Å². The molecule has 3 nitrogen and oxygen atoms in total. The van der Waals surface area contributed by atoms with Crippen LogP contribution in [0.3, 0.4) is 0 Å². The predicted molar refractivity (Wildman–Crippen MR) is 107 cm³/mol. The molecule has 1 N–H and O–H groups in total. The van der Waals surface area contributed by atoms with Gasteiger partial charge in [-0.3, -0.25) is 0 Å². The summed E-state index contributed by atoms with van der Waals surface area (Å²) in [5.74, 6) is 0. The highest BCUT2D eigenvalue weighted by molar-refractivity contribution is 6.30. The molecule has 4 heteroatoms. The van der Waals surface area contributed by atoms with Crippen molar-refractivity contribution in [3.05, 3.63) is 101 Å². The van der Waals surface area contributed by atoms with Gasteiger partial charge in [-0.1, -0.05) is 72.3 Å². The molecular weight excluding hydrogens is 344 g/mol. The van der Waals surface area contributed by atoms with E-state index in [4.69, 9.17) is 11.6 Å². The van der Waals surface area contributed by atoms with E-state index in [1.807, 2.05) is 96.8 Å². The van der Waals surface area contributed by atoms with Crippen LogP contribution in [0.1, 0.15) is 24.1 Å². The monoisotopic (exact) mass is 364 g/mol. The molecule has 1 atom stereocenters. The Kier molecular flexibility index (Phi) is 5.92. The summed E-state index contributed by atoms with van der Waals surface area (Å²) < 4.78 is 0. The van der Waals surface area contributed by atoms with E-state index in [1.165, 1.54) is 0 Å². The first-order chi connectivity index (χ1) is 12.6. The molecule has 0 saturated heterocycles. The van der Waals surface area contributed by atoms with E-state index in [-0.39, 0.29) is 12.1 Å². The van der Waals surface area contributed by atoms with E-state index in [2.05, 4.69) is 5.32 Å². The van der Waals surface area contributed by atoms with Crippen LogP contribution in [0.15, 0.2) is 84.9 Å². The van der Waals surface area contributed by atoms with Crippen molar-refractivity contribution in [1.82, 2.24) is 4.90 Å². The Morgan fingerprint density at radius 2 is 1.50 bits per heavy atom. The molecule has 3 aromatic rings. The third-order valence-electron chi connectivity index (χ3n) is 4.30. The maximum atomic E-state index is 13.0. The summed E-state index contributed by atoms with van der Waals surface area (Å²) in [6.45, 7) is 2.53. The number of nitrogens with zero attached hydrogens (tertiary/aromatic N) is 1. The number of hydrogen-bond donors (Lipinski definition) is 1. The Hall–Kier alpha value is -2.78. The zero-order chi connectivity index (χ0) is 18.4. The minimum atomic E-state index is -0.137. The third kappa shape index (κ3) is 4.64. The van der Waals surface area contributed by atoms with Crippen LogP contribution in [0.4, 0.5) is 10.5 Å². The van der Waals surface area contributed by atoms with E-state index in [9.17, 15) is 4.79 Å². The number of halogens is 1. The van der Waals surface area contributed by atoms with Gasteiger partial charge in [0.1, 0.15) is 0 Å². The Morgan fingerprint density at radius 1 is 0.923 bits per heavy atom. The summed E-state index contributed by atoms with van der Waals surface area (Å²) in [5, 5.41) is 3.67. The smallest absolute Gasteiger partial charge is 0.313 e. The number of rotatable bonds is 5. The van der Waals surface area contributed by atoms with Crippen LogP contribution in [0.5, 0.6) is 0 Å². The van der Waals surface area contributed by atoms with Crippen LogP contribution in [-0.2, 0) is 6.54 Å². The lowest BCUT2D eigenvalue weighted by molar-refractivity contribution is 0.189. The van der Waals surface area contributed by atoms with E-state index >= 15 is 0 Å². The summed E-state index contributed by atoms with van der Waals surface area (Å²) in [5.41, 5.74) is 2.89. The maximum Gasteiger partial charge on any atom is 0.322 e. The number of benzene rings is 3. The molecule has 0 aliphatic carbocycles. The molecule has 0 bridgehead atoms. The maximum absolute atomic E-state index is 13.0. The Bertz CT molecular complexity index is 835. The van der Waals surface area contributed by atoms with Crippen LogP contribution in [0.25, 0.3) is 0 Å². The second kappa shape index (κ2) is 8.54. The first-order valence-electron chi connectivity index (χ1n) is 8.55. The SMILES string of the molecule is CC(c1ccccc1)N(Cc1ccc(Cl)cc1)C(=O)Nc1ccccc1. The Labute approximate surface area is 159 Å². The van der Waals surface area contributed by atoms with Crippen LogP contribution in [0.2, 0.25) is 5.02 Å². The zero-order valence-corrected chi connectivity index (χ0v) is 15.4. The van der Waals surface area contributed by atoms with Gasteiger partial charge >= 0.3 is 6.03 Å². The largest absolute Gasteiger partial charge is 0.322 e. The molecule has 0 fully saturated rings. The fourth-order valence-corrected chi connectivity index (χ4v) is 2.93. The molecule has 0 heterocycles. The highest BCUT2D eigenvalue weighted by Crippen LogP contribution is 2.24. The highest BCUT2D eigenvalue weighted by atomic mass is 35.5. The molecule has 0 spiro atoms. The number of urea groups is 1. The fourth-order valence-electron chi connectivity index (χ4n) is 2.80. The summed E-state index contributed by atoms with van der Waals surface area (Å²) >= 11 is 5.98. The molecular formula is C22H21ClN2O. The number of anilines is 1. The first-order valence-corrected chi connectivity index (χ1v) is 8.93. The van der Waals surface area contributed by atoms with E-state index in [0.717, 1.165) is 16.8 Å². The summed E-state index contributed by atoms with van der Waals surface area (Å²) in [4.78, 5) is 14.8. The Morgan fingerprint density at radius 3 is 2.12 bits per heavy atom. The molecule has 132 valence electrons. The lowest BCUT2D eigenvalue weighted by Gasteiger charge is -2.30. The number of para-hydroxylation sites is 1. The van der Waals surface area contributed by atoms with Crippen molar-refractivity contribution in [1.29, 1.82) is 0 Å². The second-order valence-corrected chi connectivity index (χ2v) is 6.57. The third-order valence-corrected chi connectivity index (χ3v) is 4.55. The normalized spacial score (nSPS) is 11.6. The van der Waals surface area contributed by atoms with Gasteiger partial charge in [0.05, 0.1) is 6.04 Å². The van der Waals surface area contributed by atoms with Gasteiger partial charge in [-0.15, -0.1) is 0 Å². The van der Waals surface area contributed by atoms with E-state index < -0.39 is 0 Å². The molecule has 0 aliphatic rings. The highest BCUT2D eigenvalue weighted by Gasteiger charge is 2.22. The fraction of sp³-hybridized carbons (Fsp3) is 0.136. The van der Waals surface area contributed by atoms with Crippen molar-refractivity contribution >= 4 is 23.3 Å². The molecule has 0 aromatic heterocycles. The number of hydrogen-bond acceptors (Lipinski definition) is 1. The lowest BCUT2D eigenvalue weighted by Crippen LogP contribution is -2.36. The van der Waals surface area contributed by atoms with Gasteiger partial charge in [0.2, 0.25) is 0 Å². The van der Waals surface area contributed by atoms with Crippen molar-refractivity contribution in [2.75, 3.05) is 5.32 Å². The van der Waals surface area contributed by atoms with Crippen LogP contribution >= 0.6 is 11.6 Å². The molecule has 3 aromatic carbocycles. The standard InChI is InChI=1S/C22H21ClN2O/c1-17(19-8-4-2-5-9-19)25(16-18-12-14-20(23)15-13-18)22(26)24-21-10-6-3-7-11-21/h2-15,17H,16H2,1H3,(H,24,26). The molecule has 3 rings (SSSR count). The zero-order valence-electron chi connectivity index (χ0n) is 14.6. The second-order valence-electron chi connectivity index (χ2n) is 6.14. The molecule has 0 radical (unpaired) electrons. The summed E-state index contributed by atoms with van der Waals surface area (Å²) in [7, 11) is 0. The van der Waals surface area contributed by atoms with Crippen molar-refractivity contribution in [2.24, 2.45) is 0 Å². The van der Waals surface area contributed by atoms with Crippen molar-refractivity contribution in [2.45, 2.75) is 19.5 Å². The number of carbonyl (C=O) groups excluding carboxylic acids is 1. The van der Waals surface area contributed by atoms with Gasteiger partial charge in [-0.2, -0.15) is 0 Å². The van der Waals surface area contributed by atoms with Gasteiger partial charge in [-0.05, 0) is 42.3 Å². The van der Waals surface area contributed by atoms with Crippen LogP contribution in [-0.4, -0.2) is 10.9 Å². The summed E-state index contributed by atoms with van der Waals surface area (Å²) in [6.07, 6.45) is 0. The van der Waals surface area contributed by atoms with Crippen LogP contribution < -0.4 is 5.32 Å². The minimum absolute atomic E-state index is 0.0735. The van der Waals surface area contributed by atoms with Crippen molar-refractivity contribution in [3.63, 3.8) is 0 Å². The van der Waals surface area contributed by atoms with Gasteiger partial charge < -0.3 is 10.2 Å². The van der Waals surface area contributed by atoms with Gasteiger partial charge in [-0.25, -0.2) is 4.79 Å². The Balaban J connectivity index is 1.85. The van der Waals surface area contributed by atoms with Crippen molar-refractivity contribution in [3.8, 4) is 0 Å². The molecule has 26 heavy (non-hydrogen) atoms. The summed E-state index contributed by atoms with van der Waals surface area (Å²) in [6, 6.07) is 26.9. The first kappa shape index (κ1) is 18.0. The van der Waals surface area contributed by atoms with Gasteiger partial charge in [0.15, 0.2) is 0 Å². The predicted octanol–water partition coefficient (Wildman–Crippen LogP) is 6.14. The van der Waals surface area contributed by atoms with Crippen molar-refractivity contribution < 1.29 is 4.79 Å². The molecule has 0 saturated carbocycles. The average Bonchev–Trinajstić information content (AvgIpc) is 2.68. The number of carbonyl (C=O) groups is 1. The number of nitrogens with one attached hydrogen (secondary N) is 1. The van der Waals surface area contributed by atoms with Gasteiger partial charge in [0, 0.05) is 17.3 Å².